The predicted octanol–water partition coefficient (Wildman–Crippen LogP) is 1.21. The number of anilines is 1. The Balaban J connectivity index is 0.00000380. The van der Waals surface area contributed by atoms with Gasteiger partial charge in [-0.15, -0.1) is 0 Å². The molecule has 2 aromatic rings. The van der Waals surface area contributed by atoms with E-state index >= 15 is 0 Å². The molecule has 7 nitrogen and oxygen atoms in total. The van der Waals surface area contributed by atoms with Gasteiger partial charge in [0, 0.05) is 11.6 Å². The van der Waals surface area contributed by atoms with Gasteiger partial charge in [-0.1, -0.05) is 55.3 Å². The van der Waals surface area contributed by atoms with Crippen LogP contribution in [-0.2, 0) is 20.9 Å². The molecular formula is C29H38BrN3O4. The summed E-state index contributed by atoms with van der Waals surface area (Å²) in [7, 11) is 1.33. The van der Waals surface area contributed by atoms with Gasteiger partial charge in [-0.2, -0.15) is 0 Å². The molecule has 1 saturated heterocycles. The van der Waals surface area contributed by atoms with E-state index in [9.17, 15) is 14.4 Å². The highest BCUT2D eigenvalue weighted by atomic mass is 79.9. The largest absolute Gasteiger partial charge is 1.00 e. The summed E-state index contributed by atoms with van der Waals surface area (Å²) >= 11 is 0. The van der Waals surface area contributed by atoms with Crippen molar-refractivity contribution in [3.8, 4) is 0 Å². The highest BCUT2D eigenvalue weighted by Crippen LogP contribution is 2.29. The summed E-state index contributed by atoms with van der Waals surface area (Å²) < 4.78 is 5.43. The van der Waals surface area contributed by atoms with Crippen LogP contribution in [0.1, 0.15) is 60.0 Å². The number of halogens is 1. The molecule has 2 amide bonds. The first-order chi connectivity index (χ1) is 17.4. The zero-order valence-electron chi connectivity index (χ0n) is 21.8. The van der Waals surface area contributed by atoms with E-state index in [1.165, 1.54) is 20.0 Å². The lowest BCUT2D eigenvalue weighted by molar-refractivity contribution is -0.940. The third kappa shape index (κ3) is 7.42. The minimum absolute atomic E-state index is 0. The van der Waals surface area contributed by atoms with Gasteiger partial charge in [0.25, 0.3) is 5.91 Å². The van der Waals surface area contributed by atoms with Crippen LogP contribution in [0.3, 0.4) is 0 Å². The van der Waals surface area contributed by atoms with E-state index < -0.39 is 5.97 Å². The molecule has 2 N–H and O–H groups in total. The highest BCUT2D eigenvalue weighted by molar-refractivity contribution is 6.02. The van der Waals surface area contributed by atoms with Crippen LogP contribution >= 0.6 is 0 Å². The molecule has 1 heterocycles. The van der Waals surface area contributed by atoms with Crippen LogP contribution in [0.4, 0.5) is 5.69 Å². The summed E-state index contributed by atoms with van der Waals surface area (Å²) in [4.78, 5) is 39.0. The second kappa shape index (κ2) is 13.2. The van der Waals surface area contributed by atoms with E-state index in [1.807, 2.05) is 31.2 Å². The summed E-state index contributed by atoms with van der Waals surface area (Å²) in [6, 6.07) is 15.8. The normalized spacial score (nSPS) is 21.5. The van der Waals surface area contributed by atoms with Gasteiger partial charge >= 0.3 is 5.97 Å². The Kier molecular flexibility index (Phi) is 10.3. The number of hydrogen-bond acceptors (Lipinski definition) is 4. The smallest absolute Gasteiger partial charge is 0.339 e. The molecule has 2 aromatic carbocycles. The number of piperidine rings is 1. The number of rotatable bonds is 8. The molecular weight excluding hydrogens is 534 g/mol. The highest BCUT2D eigenvalue weighted by Gasteiger charge is 2.40. The number of aryl methyl sites for hydroxylation is 1. The van der Waals surface area contributed by atoms with Crippen molar-refractivity contribution < 1.29 is 40.6 Å². The van der Waals surface area contributed by atoms with Crippen LogP contribution in [0.15, 0.2) is 48.5 Å². The van der Waals surface area contributed by atoms with Crippen molar-refractivity contribution in [3.63, 3.8) is 0 Å². The molecule has 2 unspecified atom stereocenters. The number of amides is 2. The van der Waals surface area contributed by atoms with E-state index in [0.717, 1.165) is 43.4 Å². The fourth-order valence-corrected chi connectivity index (χ4v) is 5.84. The maximum Gasteiger partial charge on any atom is 0.339 e. The molecule has 2 fully saturated rings. The lowest BCUT2D eigenvalue weighted by Gasteiger charge is -2.43. The molecule has 37 heavy (non-hydrogen) atoms. The van der Waals surface area contributed by atoms with Gasteiger partial charge < -0.3 is 36.8 Å². The average molecular weight is 573 g/mol. The van der Waals surface area contributed by atoms with Crippen LogP contribution in [0.5, 0.6) is 0 Å². The van der Waals surface area contributed by atoms with Crippen molar-refractivity contribution in [2.24, 2.45) is 5.92 Å². The van der Waals surface area contributed by atoms with Gasteiger partial charge in [0.15, 0.2) is 6.54 Å². The van der Waals surface area contributed by atoms with Crippen molar-refractivity contribution >= 4 is 23.5 Å². The molecule has 0 bridgehead atoms. The minimum atomic E-state index is -0.483. The Hall–Kier alpha value is -2.71. The lowest BCUT2D eigenvalue weighted by Crippen LogP contribution is -3.00. The van der Waals surface area contributed by atoms with Crippen molar-refractivity contribution in [1.29, 1.82) is 0 Å². The Morgan fingerprint density at radius 2 is 1.70 bits per heavy atom. The van der Waals surface area contributed by atoms with Crippen LogP contribution < -0.4 is 27.6 Å². The number of carbonyl (C=O) groups is 3. The van der Waals surface area contributed by atoms with Crippen molar-refractivity contribution in [2.75, 3.05) is 32.1 Å². The molecule has 2 aliphatic rings. The van der Waals surface area contributed by atoms with E-state index in [-0.39, 0.29) is 47.3 Å². The van der Waals surface area contributed by atoms with Gasteiger partial charge in [0.05, 0.1) is 37.4 Å². The fourth-order valence-electron chi connectivity index (χ4n) is 5.84. The van der Waals surface area contributed by atoms with Crippen LogP contribution in [0, 0.1) is 12.8 Å². The Morgan fingerprint density at radius 3 is 2.41 bits per heavy atom. The Bertz CT molecular complexity index is 1090. The number of hydrogen-bond donors (Lipinski definition) is 2. The first-order valence-corrected chi connectivity index (χ1v) is 13.1. The number of benzene rings is 2. The summed E-state index contributed by atoms with van der Waals surface area (Å²) in [6.45, 7) is 4.22. The maximum absolute atomic E-state index is 13.5. The van der Waals surface area contributed by atoms with E-state index in [1.54, 1.807) is 12.1 Å². The maximum atomic E-state index is 13.5. The molecule has 2 atom stereocenters. The number of carbonyl (C=O) groups excluding carboxylic acids is 3. The number of nitrogens with zero attached hydrogens (tertiary/aromatic N) is 1. The molecule has 1 saturated carbocycles. The predicted molar refractivity (Wildman–Crippen MR) is 139 cm³/mol. The molecule has 4 rings (SSSR count). The molecule has 0 aromatic heterocycles. The number of ether oxygens (including phenoxy) is 1. The lowest BCUT2D eigenvalue weighted by atomic mass is 9.93. The Morgan fingerprint density at radius 1 is 0.973 bits per heavy atom. The first kappa shape index (κ1) is 28.9. The Labute approximate surface area is 230 Å². The van der Waals surface area contributed by atoms with Crippen molar-refractivity contribution in [1.82, 2.24) is 5.32 Å². The topological polar surface area (TPSA) is 84.5 Å². The van der Waals surface area contributed by atoms with E-state index in [4.69, 9.17) is 4.74 Å². The SMILES string of the molecule is COC(=O)c1cccc(C)c1NC(=O)C[N+]1(Cc2ccccc2)CCCC(C(=O)NC2CCCC2)C1.[Br-]. The molecule has 1 aliphatic heterocycles. The monoisotopic (exact) mass is 571 g/mol. The summed E-state index contributed by atoms with van der Waals surface area (Å²) in [5, 5.41) is 6.28. The minimum Gasteiger partial charge on any atom is -1.00 e. The van der Waals surface area contributed by atoms with Crippen LogP contribution in [0.25, 0.3) is 0 Å². The zero-order valence-corrected chi connectivity index (χ0v) is 23.4. The standard InChI is InChI=1S/C29H37N3O4.BrH/c1-21-10-8-16-25(29(35)36-2)27(21)31-26(33)20-32(18-22-11-4-3-5-12-22)17-9-13-23(19-32)28(34)30-24-14-6-7-15-24;/h3-5,8,10-12,16,23-24H,6-7,9,13-15,17-20H2,1-2H3,(H-,30,31,33,34,35);1H. The molecule has 1 aliphatic carbocycles. The number of quaternary nitrogens is 1. The average Bonchev–Trinajstić information content (AvgIpc) is 3.38. The number of methoxy groups -OCH3 is 1. The van der Waals surface area contributed by atoms with Crippen molar-refractivity contribution in [2.45, 2.75) is 58.0 Å². The molecule has 0 spiro atoms. The third-order valence-corrected chi connectivity index (χ3v) is 7.65. The van der Waals surface area contributed by atoms with Gasteiger partial charge in [-0.3, -0.25) is 9.59 Å². The van der Waals surface area contributed by atoms with Gasteiger partial charge in [-0.25, -0.2) is 4.79 Å². The summed E-state index contributed by atoms with van der Waals surface area (Å²) in [5.74, 6) is -0.629. The number of likely N-dealkylation sites (tertiary alicyclic amines) is 1. The summed E-state index contributed by atoms with van der Waals surface area (Å²) in [5.41, 5.74) is 2.77. The fraction of sp³-hybridized carbons (Fsp3) is 0.483. The quantitative estimate of drug-likeness (QED) is 0.368. The zero-order chi connectivity index (χ0) is 25.5. The molecule has 8 heteroatoms. The van der Waals surface area contributed by atoms with E-state index in [0.29, 0.717) is 28.8 Å². The second-order valence-corrected chi connectivity index (χ2v) is 10.4. The van der Waals surface area contributed by atoms with Crippen LogP contribution in [0.2, 0.25) is 0 Å². The van der Waals surface area contributed by atoms with Crippen LogP contribution in [-0.4, -0.2) is 55.1 Å². The van der Waals surface area contributed by atoms with Crippen molar-refractivity contribution in [3.05, 3.63) is 65.2 Å². The number of para-hydroxylation sites is 1. The summed E-state index contributed by atoms with van der Waals surface area (Å²) in [6.07, 6.45) is 6.21. The third-order valence-electron chi connectivity index (χ3n) is 7.65. The first-order valence-electron chi connectivity index (χ1n) is 13.1. The molecule has 0 radical (unpaired) electrons. The number of esters is 1. The van der Waals surface area contributed by atoms with Gasteiger partial charge in [0.2, 0.25) is 5.91 Å². The van der Waals surface area contributed by atoms with E-state index in [2.05, 4.69) is 22.8 Å². The van der Waals surface area contributed by atoms with Gasteiger partial charge in [0.1, 0.15) is 6.54 Å². The molecule has 200 valence electrons. The second-order valence-electron chi connectivity index (χ2n) is 10.4. The number of nitrogens with one attached hydrogen (secondary N) is 2. The van der Waals surface area contributed by atoms with Gasteiger partial charge in [-0.05, 0) is 44.2 Å².